The van der Waals surface area contributed by atoms with Crippen LogP contribution in [-0.2, 0) is 20.7 Å². The first-order valence-corrected chi connectivity index (χ1v) is 7.34. The Morgan fingerprint density at radius 3 is 2.39 bits per heavy atom. The van der Waals surface area contributed by atoms with Crippen LogP contribution in [0, 0.1) is 5.82 Å². The van der Waals surface area contributed by atoms with Crippen molar-refractivity contribution in [1.82, 2.24) is 0 Å². The van der Waals surface area contributed by atoms with Crippen LogP contribution >= 0.6 is 0 Å². The van der Waals surface area contributed by atoms with E-state index in [0.29, 0.717) is 12.1 Å². The maximum atomic E-state index is 12.8. The first kappa shape index (κ1) is 16.7. The molecule has 1 unspecified atom stereocenters. The van der Waals surface area contributed by atoms with Crippen LogP contribution in [0.15, 0.2) is 54.6 Å². The molecule has 1 amide bonds. The van der Waals surface area contributed by atoms with E-state index in [0.717, 1.165) is 5.56 Å². The van der Waals surface area contributed by atoms with E-state index in [-0.39, 0.29) is 12.2 Å². The maximum Gasteiger partial charge on any atom is 0.306 e. The average molecular weight is 315 g/mol. The van der Waals surface area contributed by atoms with E-state index in [4.69, 9.17) is 4.74 Å². The zero-order chi connectivity index (χ0) is 16.7. The van der Waals surface area contributed by atoms with Crippen LogP contribution in [0.2, 0.25) is 0 Å². The zero-order valence-corrected chi connectivity index (χ0v) is 12.8. The van der Waals surface area contributed by atoms with Crippen LogP contribution < -0.4 is 5.32 Å². The lowest BCUT2D eigenvalue weighted by atomic mass is 10.1. The number of aryl methyl sites for hydroxylation is 1. The lowest BCUT2D eigenvalue weighted by Crippen LogP contribution is -2.30. The summed E-state index contributed by atoms with van der Waals surface area (Å²) in [6.07, 6.45) is -0.146. The minimum atomic E-state index is -0.914. The molecule has 2 aromatic rings. The molecule has 0 aliphatic heterocycles. The molecular weight excluding hydrogens is 297 g/mol. The van der Waals surface area contributed by atoms with Crippen LogP contribution in [0.1, 0.15) is 18.9 Å². The molecule has 2 rings (SSSR count). The van der Waals surface area contributed by atoms with Crippen molar-refractivity contribution >= 4 is 17.6 Å². The Morgan fingerprint density at radius 1 is 1.09 bits per heavy atom. The molecule has 0 saturated heterocycles. The molecule has 2 aromatic carbocycles. The topological polar surface area (TPSA) is 55.4 Å². The Hall–Kier alpha value is -2.69. The molecule has 4 nitrogen and oxygen atoms in total. The molecule has 0 heterocycles. The van der Waals surface area contributed by atoms with Gasteiger partial charge >= 0.3 is 5.97 Å². The fourth-order valence-corrected chi connectivity index (χ4v) is 1.98. The number of esters is 1. The fraction of sp³-hybridized carbons (Fsp3) is 0.222. The molecule has 0 aliphatic rings. The van der Waals surface area contributed by atoms with E-state index in [1.807, 2.05) is 30.3 Å². The Balaban J connectivity index is 1.78. The standard InChI is InChI=1S/C18H18FNO3/c1-13(18(22)20-16-10-8-15(19)9-11-16)23-17(21)12-7-14-5-3-2-4-6-14/h2-6,8-11,13H,7,12H2,1H3,(H,20,22). The van der Waals surface area contributed by atoms with E-state index in [1.54, 1.807) is 0 Å². The van der Waals surface area contributed by atoms with E-state index in [1.165, 1.54) is 31.2 Å². The second kappa shape index (κ2) is 8.08. The monoisotopic (exact) mass is 315 g/mol. The summed E-state index contributed by atoms with van der Waals surface area (Å²) in [5, 5.41) is 2.57. The molecule has 0 radical (unpaired) electrons. The summed E-state index contributed by atoms with van der Waals surface area (Å²) in [6, 6.07) is 14.9. The number of amides is 1. The van der Waals surface area contributed by atoms with Crippen LogP contribution in [0.5, 0.6) is 0 Å². The molecule has 1 N–H and O–H groups in total. The molecule has 23 heavy (non-hydrogen) atoms. The minimum Gasteiger partial charge on any atom is -0.453 e. The smallest absolute Gasteiger partial charge is 0.306 e. The highest BCUT2D eigenvalue weighted by Gasteiger charge is 2.17. The van der Waals surface area contributed by atoms with Crippen molar-refractivity contribution in [3.05, 3.63) is 66.0 Å². The van der Waals surface area contributed by atoms with Crippen molar-refractivity contribution < 1.29 is 18.7 Å². The fourth-order valence-electron chi connectivity index (χ4n) is 1.98. The minimum absolute atomic E-state index is 0.207. The lowest BCUT2D eigenvalue weighted by molar-refractivity contribution is -0.153. The first-order chi connectivity index (χ1) is 11.0. The van der Waals surface area contributed by atoms with Crippen molar-refractivity contribution in [2.75, 3.05) is 5.32 Å². The van der Waals surface area contributed by atoms with Gasteiger partial charge in [-0.3, -0.25) is 9.59 Å². The normalized spacial score (nSPS) is 11.6. The van der Waals surface area contributed by atoms with Crippen molar-refractivity contribution in [3.8, 4) is 0 Å². The first-order valence-electron chi connectivity index (χ1n) is 7.34. The highest BCUT2D eigenvalue weighted by molar-refractivity contribution is 5.95. The van der Waals surface area contributed by atoms with Crippen molar-refractivity contribution in [3.63, 3.8) is 0 Å². The van der Waals surface area contributed by atoms with Crippen LogP contribution in [0.4, 0.5) is 10.1 Å². The van der Waals surface area contributed by atoms with Crippen LogP contribution in [0.25, 0.3) is 0 Å². The largest absolute Gasteiger partial charge is 0.453 e. The Kier molecular flexibility index (Phi) is 5.86. The average Bonchev–Trinajstić information content (AvgIpc) is 2.56. The number of carbonyl (C=O) groups is 2. The summed E-state index contributed by atoms with van der Waals surface area (Å²) in [5.41, 5.74) is 1.48. The summed E-state index contributed by atoms with van der Waals surface area (Å²) in [4.78, 5) is 23.7. The number of benzene rings is 2. The quantitative estimate of drug-likeness (QED) is 0.832. The molecule has 0 fully saturated rings. The van der Waals surface area contributed by atoms with Gasteiger partial charge in [-0.15, -0.1) is 0 Å². The van der Waals surface area contributed by atoms with E-state index in [2.05, 4.69) is 5.32 Å². The van der Waals surface area contributed by atoms with Gasteiger partial charge in [-0.1, -0.05) is 30.3 Å². The number of anilines is 1. The van der Waals surface area contributed by atoms with E-state index < -0.39 is 18.0 Å². The summed E-state index contributed by atoms with van der Waals surface area (Å²) in [6.45, 7) is 1.50. The highest BCUT2D eigenvalue weighted by atomic mass is 19.1. The van der Waals surface area contributed by atoms with Gasteiger partial charge < -0.3 is 10.1 Å². The Labute approximate surface area is 134 Å². The number of ether oxygens (including phenoxy) is 1. The maximum absolute atomic E-state index is 12.8. The molecule has 0 aromatic heterocycles. The van der Waals surface area contributed by atoms with Gasteiger partial charge in [-0.05, 0) is 43.2 Å². The molecule has 1 atom stereocenters. The second-order valence-electron chi connectivity index (χ2n) is 5.11. The number of hydrogen-bond acceptors (Lipinski definition) is 3. The van der Waals surface area contributed by atoms with Crippen LogP contribution in [-0.4, -0.2) is 18.0 Å². The summed E-state index contributed by atoms with van der Waals surface area (Å²) >= 11 is 0. The number of rotatable bonds is 6. The second-order valence-corrected chi connectivity index (χ2v) is 5.11. The lowest BCUT2D eigenvalue weighted by Gasteiger charge is -2.13. The van der Waals surface area contributed by atoms with Crippen molar-refractivity contribution in [2.45, 2.75) is 25.9 Å². The van der Waals surface area contributed by atoms with Crippen LogP contribution in [0.3, 0.4) is 0 Å². The third-order valence-corrected chi connectivity index (χ3v) is 3.25. The number of nitrogens with one attached hydrogen (secondary N) is 1. The zero-order valence-electron chi connectivity index (χ0n) is 12.8. The third kappa shape index (κ3) is 5.54. The van der Waals surface area contributed by atoms with Gasteiger partial charge in [0.25, 0.3) is 5.91 Å². The summed E-state index contributed by atoms with van der Waals surface area (Å²) in [7, 11) is 0. The SMILES string of the molecule is CC(OC(=O)CCc1ccccc1)C(=O)Nc1ccc(F)cc1. The molecule has 0 spiro atoms. The van der Waals surface area contributed by atoms with Gasteiger partial charge in [-0.2, -0.15) is 0 Å². The predicted octanol–water partition coefficient (Wildman–Crippen LogP) is 3.33. The molecule has 0 saturated carbocycles. The van der Waals surface area contributed by atoms with Gasteiger partial charge in [0.05, 0.1) is 0 Å². The van der Waals surface area contributed by atoms with Gasteiger partial charge in [0.1, 0.15) is 5.82 Å². The van der Waals surface area contributed by atoms with Gasteiger partial charge in [0.2, 0.25) is 0 Å². The summed E-state index contributed by atoms with van der Waals surface area (Å²) < 4.78 is 17.9. The molecule has 0 aliphatic carbocycles. The summed E-state index contributed by atoms with van der Waals surface area (Å²) in [5.74, 6) is -1.27. The Bertz CT molecular complexity index is 656. The van der Waals surface area contributed by atoms with Gasteiger partial charge in [-0.25, -0.2) is 4.39 Å². The van der Waals surface area contributed by atoms with E-state index >= 15 is 0 Å². The molecular formula is C18H18FNO3. The molecule has 5 heteroatoms. The predicted molar refractivity (Wildman–Crippen MR) is 85.3 cm³/mol. The third-order valence-electron chi connectivity index (χ3n) is 3.25. The number of halogens is 1. The highest BCUT2D eigenvalue weighted by Crippen LogP contribution is 2.10. The molecule has 0 bridgehead atoms. The number of carbonyl (C=O) groups excluding carboxylic acids is 2. The number of hydrogen-bond donors (Lipinski definition) is 1. The Morgan fingerprint density at radius 2 is 1.74 bits per heavy atom. The van der Waals surface area contributed by atoms with Gasteiger partial charge in [0, 0.05) is 12.1 Å². The van der Waals surface area contributed by atoms with Gasteiger partial charge in [0.15, 0.2) is 6.10 Å². The molecule has 120 valence electrons. The van der Waals surface area contributed by atoms with E-state index in [9.17, 15) is 14.0 Å². The van der Waals surface area contributed by atoms with Crippen molar-refractivity contribution in [2.24, 2.45) is 0 Å². The van der Waals surface area contributed by atoms with Crippen molar-refractivity contribution in [1.29, 1.82) is 0 Å².